The summed E-state index contributed by atoms with van der Waals surface area (Å²) in [6, 6.07) is 9.34. The highest BCUT2D eigenvalue weighted by atomic mass is 16.5. The van der Waals surface area contributed by atoms with Crippen molar-refractivity contribution >= 4 is 24.2 Å². The first-order chi connectivity index (χ1) is 15.4. The van der Waals surface area contributed by atoms with Crippen LogP contribution in [0.5, 0.6) is 23.0 Å². The molecule has 2 aromatic rings. The van der Waals surface area contributed by atoms with E-state index in [2.05, 4.69) is 21.1 Å². The second kappa shape index (κ2) is 12.6. The lowest BCUT2D eigenvalue weighted by Crippen LogP contribution is -2.22. The molecule has 170 valence electrons. The highest BCUT2D eigenvalue weighted by Gasteiger charge is 2.06. The van der Waals surface area contributed by atoms with Gasteiger partial charge in [0, 0.05) is 12.8 Å². The Kier molecular flexibility index (Phi) is 9.51. The third-order valence-electron chi connectivity index (χ3n) is 3.95. The van der Waals surface area contributed by atoms with Gasteiger partial charge in [-0.15, -0.1) is 0 Å². The van der Waals surface area contributed by atoms with E-state index in [0.717, 1.165) is 0 Å². The van der Waals surface area contributed by atoms with Crippen LogP contribution in [-0.2, 0) is 9.59 Å². The van der Waals surface area contributed by atoms with E-state index in [1.165, 1.54) is 24.6 Å². The smallest absolute Gasteiger partial charge is 0.240 e. The van der Waals surface area contributed by atoms with Crippen molar-refractivity contribution in [2.75, 3.05) is 13.2 Å². The van der Waals surface area contributed by atoms with Gasteiger partial charge < -0.3 is 19.7 Å². The molecule has 0 aliphatic heterocycles. The van der Waals surface area contributed by atoms with E-state index in [-0.39, 0.29) is 24.3 Å². The second-order valence-corrected chi connectivity index (χ2v) is 6.41. The molecule has 2 rings (SSSR count). The minimum Gasteiger partial charge on any atom is -0.504 e. The van der Waals surface area contributed by atoms with E-state index in [1.807, 2.05) is 0 Å². The number of nitrogens with zero attached hydrogens (tertiary/aromatic N) is 2. The number of hydrazone groups is 2. The van der Waals surface area contributed by atoms with Crippen molar-refractivity contribution < 1.29 is 29.3 Å². The van der Waals surface area contributed by atoms with Crippen molar-refractivity contribution in [1.29, 1.82) is 0 Å². The summed E-state index contributed by atoms with van der Waals surface area (Å²) in [4.78, 5) is 23.7. The quantitative estimate of drug-likeness (QED) is 0.311. The van der Waals surface area contributed by atoms with Crippen LogP contribution in [0.1, 0.15) is 37.8 Å². The van der Waals surface area contributed by atoms with Gasteiger partial charge in [0.1, 0.15) is 0 Å². The first kappa shape index (κ1) is 24.2. The molecule has 10 nitrogen and oxygen atoms in total. The normalized spacial score (nSPS) is 10.9. The predicted molar refractivity (Wildman–Crippen MR) is 119 cm³/mol. The van der Waals surface area contributed by atoms with Crippen LogP contribution in [0.3, 0.4) is 0 Å². The van der Waals surface area contributed by atoms with Crippen LogP contribution >= 0.6 is 0 Å². The number of carbonyl (C=O) groups excluding carboxylic acids is 2. The Morgan fingerprint density at radius 2 is 1.22 bits per heavy atom. The Morgan fingerprint density at radius 1 is 0.812 bits per heavy atom. The van der Waals surface area contributed by atoms with E-state index in [4.69, 9.17) is 9.47 Å². The molecule has 32 heavy (non-hydrogen) atoms. The molecule has 2 aromatic carbocycles. The highest BCUT2D eigenvalue weighted by Crippen LogP contribution is 2.26. The van der Waals surface area contributed by atoms with E-state index in [0.29, 0.717) is 35.8 Å². The molecule has 0 saturated carbocycles. The molecule has 0 radical (unpaired) electrons. The van der Waals surface area contributed by atoms with Gasteiger partial charge in [-0.25, -0.2) is 10.9 Å². The fourth-order valence-electron chi connectivity index (χ4n) is 2.46. The zero-order chi connectivity index (χ0) is 23.3. The van der Waals surface area contributed by atoms with Gasteiger partial charge in [0.25, 0.3) is 0 Å². The molecule has 0 aliphatic carbocycles. The van der Waals surface area contributed by atoms with Crippen LogP contribution in [0.4, 0.5) is 0 Å². The maximum atomic E-state index is 11.8. The molecule has 4 N–H and O–H groups in total. The number of hydrogen-bond donors (Lipinski definition) is 4. The summed E-state index contributed by atoms with van der Waals surface area (Å²) in [5, 5.41) is 27.0. The molecular weight excluding hydrogens is 416 g/mol. The molecule has 0 fully saturated rings. The highest BCUT2D eigenvalue weighted by molar-refractivity contribution is 5.87. The number of nitrogens with one attached hydrogen (secondary N) is 2. The van der Waals surface area contributed by atoms with Crippen LogP contribution in [-0.4, -0.2) is 47.7 Å². The average molecular weight is 442 g/mol. The van der Waals surface area contributed by atoms with Crippen molar-refractivity contribution in [2.45, 2.75) is 26.7 Å². The molecule has 0 unspecified atom stereocenters. The van der Waals surface area contributed by atoms with Crippen molar-refractivity contribution in [3.8, 4) is 23.0 Å². The predicted octanol–water partition coefficient (Wildman–Crippen LogP) is 2.28. The topological polar surface area (TPSA) is 142 Å². The standard InChI is InChI=1S/C22H26N4O6/c1-3-31-19-11-15(5-7-17(19)27)13-23-25-21(29)9-10-22(30)26-24-14-16-6-8-18(28)20(12-16)32-4-2/h5-8,11-14,27-28H,3-4,9-10H2,1-2H3,(H,25,29)(H,26,30)/b23-13-,24-14-. The molecule has 0 bridgehead atoms. The third-order valence-corrected chi connectivity index (χ3v) is 3.95. The van der Waals surface area contributed by atoms with Crippen molar-refractivity contribution in [1.82, 2.24) is 10.9 Å². The summed E-state index contributed by atoms with van der Waals surface area (Å²) < 4.78 is 10.6. The molecule has 0 aliphatic rings. The molecule has 0 spiro atoms. The van der Waals surface area contributed by atoms with Crippen LogP contribution in [0.15, 0.2) is 46.6 Å². The number of phenols is 2. The molecule has 0 heterocycles. The first-order valence-electron chi connectivity index (χ1n) is 9.98. The van der Waals surface area contributed by atoms with Crippen molar-refractivity contribution in [2.24, 2.45) is 10.2 Å². The molecule has 0 saturated heterocycles. The molecule has 10 heteroatoms. The van der Waals surface area contributed by atoms with Gasteiger partial charge in [0.05, 0.1) is 25.6 Å². The van der Waals surface area contributed by atoms with E-state index < -0.39 is 11.8 Å². The Balaban J connectivity index is 1.75. The van der Waals surface area contributed by atoms with Crippen molar-refractivity contribution in [3.05, 3.63) is 47.5 Å². The van der Waals surface area contributed by atoms with Crippen molar-refractivity contribution in [3.63, 3.8) is 0 Å². The zero-order valence-corrected chi connectivity index (χ0v) is 17.9. The Hall–Kier alpha value is -4.08. The summed E-state index contributed by atoms with van der Waals surface area (Å²) in [6.45, 7) is 4.40. The SMILES string of the molecule is CCOc1cc(/C=N\NC(=O)CCC(=O)N/N=C\c2ccc(O)c(OCC)c2)ccc1O. The number of amides is 2. The Labute approximate surface area is 185 Å². The summed E-state index contributed by atoms with van der Waals surface area (Å²) >= 11 is 0. The van der Waals surface area contributed by atoms with Crippen LogP contribution in [0.2, 0.25) is 0 Å². The van der Waals surface area contributed by atoms with Gasteiger partial charge >= 0.3 is 0 Å². The summed E-state index contributed by atoms with van der Waals surface area (Å²) in [5.74, 6) is -0.209. The lowest BCUT2D eigenvalue weighted by atomic mass is 10.2. The number of carbonyl (C=O) groups is 2. The zero-order valence-electron chi connectivity index (χ0n) is 17.9. The minimum absolute atomic E-state index is 0.0156. The molecule has 0 atom stereocenters. The second-order valence-electron chi connectivity index (χ2n) is 6.41. The molecular formula is C22H26N4O6. The monoisotopic (exact) mass is 442 g/mol. The van der Waals surface area contributed by atoms with E-state index in [1.54, 1.807) is 38.1 Å². The van der Waals surface area contributed by atoms with Gasteiger partial charge in [-0.2, -0.15) is 10.2 Å². The molecule has 0 aromatic heterocycles. The third kappa shape index (κ3) is 7.98. The number of rotatable bonds is 11. The average Bonchev–Trinajstić information content (AvgIpc) is 2.77. The number of phenolic OH excluding ortho intramolecular Hbond substituents is 2. The largest absolute Gasteiger partial charge is 0.504 e. The lowest BCUT2D eigenvalue weighted by Gasteiger charge is -2.06. The Morgan fingerprint density at radius 3 is 1.59 bits per heavy atom. The first-order valence-corrected chi connectivity index (χ1v) is 9.98. The maximum Gasteiger partial charge on any atom is 0.240 e. The van der Waals surface area contributed by atoms with Gasteiger partial charge in [0.2, 0.25) is 11.8 Å². The number of hydrogen-bond acceptors (Lipinski definition) is 8. The number of ether oxygens (including phenoxy) is 2. The van der Waals surface area contributed by atoms with Gasteiger partial charge in [0.15, 0.2) is 23.0 Å². The number of benzene rings is 2. The molecule has 2 amide bonds. The Bertz CT molecular complexity index is 911. The van der Waals surface area contributed by atoms with Crippen LogP contribution in [0.25, 0.3) is 0 Å². The van der Waals surface area contributed by atoms with E-state index in [9.17, 15) is 19.8 Å². The summed E-state index contributed by atoms with van der Waals surface area (Å²) in [6.07, 6.45) is 2.65. The van der Waals surface area contributed by atoms with Gasteiger partial charge in [-0.3, -0.25) is 9.59 Å². The fraction of sp³-hybridized carbons (Fsp3) is 0.273. The summed E-state index contributed by atoms with van der Waals surface area (Å²) in [7, 11) is 0. The van der Waals surface area contributed by atoms with Gasteiger partial charge in [-0.05, 0) is 61.4 Å². The fourth-order valence-corrected chi connectivity index (χ4v) is 2.46. The van der Waals surface area contributed by atoms with Gasteiger partial charge in [-0.1, -0.05) is 0 Å². The number of aromatic hydroxyl groups is 2. The lowest BCUT2D eigenvalue weighted by molar-refractivity contribution is -0.126. The summed E-state index contributed by atoms with van der Waals surface area (Å²) in [5.41, 5.74) is 5.91. The van der Waals surface area contributed by atoms with E-state index >= 15 is 0 Å². The minimum atomic E-state index is -0.441. The van der Waals surface area contributed by atoms with Crippen LogP contribution < -0.4 is 20.3 Å². The van der Waals surface area contributed by atoms with Crippen LogP contribution in [0, 0.1) is 0 Å². The maximum absolute atomic E-state index is 11.8.